The Morgan fingerprint density at radius 1 is 1.29 bits per heavy atom. The van der Waals surface area contributed by atoms with Gasteiger partial charge in [-0.1, -0.05) is 12.8 Å². The minimum atomic E-state index is -0.406. The molecule has 1 aromatic carbocycles. The lowest BCUT2D eigenvalue weighted by Crippen LogP contribution is -2.25. The molecular formula is C18H23NO5. The van der Waals surface area contributed by atoms with Gasteiger partial charge in [-0.15, -0.1) is 0 Å². The van der Waals surface area contributed by atoms with E-state index in [0.717, 1.165) is 24.1 Å². The first-order valence-corrected chi connectivity index (χ1v) is 8.29. The van der Waals surface area contributed by atoms with Crippen LogP contribution in [0, 0.1) is 0 Å². The number of nitrogens with one attached hydrogen (secondary N) is 1. The van der Waals surface area contributed by atoms with E-state index in [1.165, 1.54) is 12.8 Å². The molecule has 0 aromatic heterocycles. The van der Waals surface area contributed by atoms with E-state index in [1.54, 1.807) is 14.0 Å². The summed E-state index contributed by atoms with van der Waals surface area (Å²) in [7, 11) is 1.57. The largest absolute Gasteiger partial charge is 0.493 e. The number of benzene rings is 1. The van der Waals surface area contributed by atoms with Crippen LogP contribution in [0.2, 0.25) is 0 Å². The third-order valence-electron chi connectivity index (χ3n) is 4.35. The Hall–Kier alpha value is -2.21. The van der Waals surface area contributed by atoms with Gasteiger partial charge in [0.15, 0.2) is 18.1 Å². The summed E-state index contributed by atoms with van der Waals surface area (Å²) in [5.41, 5.74) is 4.70. The van der Waals surface area contributed by atoms with Crippen LogP contribution in [0.25, 0.3) is 5.70 Å². The lowest BCUT2D eigenvalue weighted by atomic mass is 10.00. The zero-order valence-electron chi connectivity index (χ0n) is 14.1. The van der Waals surface area contributed by atoms with E-state index >= 15 is 0 Å². The molecule has 0 amide bonds. The van der Waals surface area contributed by atoms with E-state index in [0.29, 0.717) is 18.1 Å². The van der Waals surface area contributed by atoms with E-state index in [1.807, 2.05) is 18.2 Å². The van der Waals surface area contributed by atoms with Crippen LogP contribution in [0.1, 0.15) is 38.2 Å². The first-order valence-electron chi connectivity index (χ1n) is 8.29. The summed E-state index contributed by atoms with van der Waals surface area (Å²) in [6.45, 7) is 1.94. The van der Waals surface area contributed by atoms with Crippen LogP contribution < -0.4 is 15.0 Å². The van der Waals surface area contributed by atoms with Crippen LogP contribution >= 0.6 is 0 Å². The highest BCUT2D eigenvalue weighted by atomic mass is 16.7. The average Bonchev–Trinajstić information content (AvgIpc) is 3.23. The Balaban J connectivity index is 1.77. The van der Waals surface area contributed by atoms with Gasteiger partial charge in [-0.05, 0) is 44.0 Å². The minimum Gasteiger partial charge on any atom is -0.493 e. The molecule has 1 spiro atoms. The molecule has 0 atom stereocenters. The number of esters is 1. The quantitative estimate of drug-likeness (QED) is 0.808. The predicted octanol–water partition coefficient (Wildman–Crippen LogP) is 2.83. The highest BCUT2D eigenvalue weighted by Crippen LogP contribution is 2.40. The van der Waals surface area contributed by atoms with E-state index in [2.05, 4.69) is 11.6 Å². The number of carbonyl (C=O) groups excluding carboxylic acids is 1. The predicted molar refractivity (Wildman–Crippen MR) is 88.5 cm³/mol. The summed E-state index contributed by atoms with van der Waals surface area (Å²) in [6.07, 6.45) is 6.58. The van der Waals surface area contributed by atoms with Crippen molar-refractivity contribution in [2.75, 3.05) is 20.3 Å². The normalized spacial score (nSPS) is 18.2. The van der Waals surface area contributed by atoms with Gasteiger partial charge in [0.25, 0.3) is 0 Å². The van der Waals surface area contributed by atoms with Gasteiger partial charge in [0.1, 0.15) is 5.60 Å². The topological polar surface area (TPSA) is 66.0 Å². The van der Waals surface area contributed by atoms with Crippen molar-refractivity contribution in [2.45, 2.75) is 38.2 Å². The van der Waals surface area contributed by atoms with Crippen molar-refractivity contribution >= 4 is 11.7 Å². The van der Waals surface area contributed by atoms with E-state index in [9.17, 15) is 4.79 Å². The fourth-order valence-corrected chi connectivity index (χ4v) is 3.14. The number of carbonyl (C=O) groups is 1. The lowest BCUT2D eigenvalue weighted by molar-refractivity contribution is -0.145. The van der Waals surface area contributed by atoms with Crippen LogP contribution in [0.4, 0.5) is 0 Å². The first kappa shape index (κ1) is 16.6. The van der Waals surface area contributed by atoms with E-state index < -0.39 is 5.97 Å². The minimum absolute atomic E-state index is 0.152. The maximum Gasteiger partial charge on any atom is 0.344 e. The molecule has 1 saturated carbocycles. The number of methoxy groups -OCH3 is 1. The SMILES string of the molecule is CCOC(=O)COc1cc(C2=CC3(CCCC3)ON2)ccc1OC. The Morgan fingerprint density at radius 2 is 2.08 bits per heavy atom. The summed E-state index contributed by atoms with van der Waals surface area (Å²) >= 11 is 0. The van der Waals surface area contributed by atoms with Crippen LogP contribution in [0.15, 0.2) is 24.3 Å². The van der Waals surface area contributed by atoms with Gasteiger partial charge in [0, 0.05) is 5.56 Å². The van der Waals surface area contributed by atoms with Crippen LogP contribution in [0.5, 0.6) is 11.5 Å². The molecule has 6 heteroatoms. The molecule has 0 radical (unpaired) electrons. The highest BCUT2D eigenvalue weighted by Gasteiger charge is 2.38. The van der Waals surface area contributed by atoms with Crippen molar-refractivity contribution in [3.8, 4) is 11.5 Å². The molecule has 1 aliphatic heterocycles. The Bertz CT molecular complexity index is 634. The van der Waals surface area contributed by atoms with Gasteiger partial charge in [0.05, 0.1) is 19.4 Å². The highest BCUT2D eigenvalue weighted by molar-refractivity contribution is 5.72. The summed E-state index contributed by atoms with van der Waals surface area (Å²) in [5, 5.41) is 0. The molecule has 1 heterocycles. The molecule has 3 rings (SSSR count). The van der Waals surface area contributed by atoms with Crippen molar-refractivity contribution < 1.29 is 23.8 Å². The van der Waals surface area contributed by atoms with Gasteiger partial charge >= 0.3 is 5.97 Å². The van der Waals surface area contributed by atoms with Gasteiger partial charge < -0.3 is 14.2 Å². The zero-order chi connectivity index (χ0) is 17.0. The third kappa shape index (κ3) is 3.48. The van der Waals surface area contributed by atoms with Crippen molar-refractivity contribution in [2.24, 2.45) is 0 Å². The summed E-state index contributed by atoms with van der Waals surface area (Å²) in [6, 6.07) is 5.60. The molecule has 6 nitrogen and oxygen atoms in total. The fraction of sp³-hybridized carbons (Fsp3) is 0.500. The average molecular weight is 333 g/mol. The second-order valence-corrected chi connectivity index (χ2v) is 5.99. The maximum absolute atomic E-state index is 11.5. The Labute approximate surface area is 141 Å². The molecular weight excluding hydrogens is 310 g/mol. The van der Waals surface area contributed by atoms with Crippen molar-refractivity contribution in [1.82, 2.24) is 5.48 Å². The molecule has 0 unspecified atom stereocenters. The summed E-state index contributed by atoms with van der Waals surface area (Å²) < 4.78 is 15.7. The van der Waals surface area contributed by atoms with Crippen molar-refractivity contribution in [3.05, 3.63) is 29.8 Å². The second kappa shape index (κ2) is 7.13. The van der Waals surface area contributed by atoms with Crippen LogP contribution in [-0.4, -0.2) is 31.9 Å². The van der Waals surface area contributed by atoms with Crippen molar-refractivity contribution in [3.63, 3.8) is 0 Å². The van der Waals surface area contributed by atoms with Crippen LogP contribution in [0.3, 0.4) is 0 Å². The van der Waals surface area contributed by atoms with E-state index in [4.69, 9.17) is 19.0 Å². The molecule has 130 valence electrons. The first-order chi connectivity index (χ1) is 11.7. The monoisotopic (exact) mass is 333 g/mol. The Kier molecular flexibility index (Phi) is 4.94. The summed E-state index contributed by atoms with van der Waals surface area (Å²) in [5.74, 6) is 0.660. The molecule has 1 aliphatic carbocycles. The number of hydroxylamine groups is 1. The van der Waals surface area contributed by atoms with Crippen LogP contribution in [-0.2, 0) is 14.4 Å². The third-order valence-corrected chi connectivity index (χ3v) is 4.35. The van der Waals surface area contributed by atoms with Gasteiger partial charge in [-0.2, -0.15) is 0 Å². The maximum atomic E-state index is 11.5. The molecule has 0 saturated heterocycles. The molecule has 24 heavy (non-hydrogen) atoms. The van der Waals surface area contributed by atoms with Crippen molar-refractivity contribution in [1.29, 1.82) is 0 Å². The Morgan fingerprint density at radius 3 is 2.79 bits per heavy atom. The van der Waals surface area contributed by atoms with E-state index in [-0.39, 0.29) is 12.2 Å². The zero-order valence-corrected chi connectivity index (χ0v) is 14.1. The molecule has 0 bridgehead atoms. The lowest BCUT2D eigenvalue weighted by Gasteiger charge is -2.17. The molecule has 1 N–H and O–H groups in total. The number of ether oxygens (including phenoxy) is 3. The molecule has 1 aromatic rings. The second-order valence-electron chi connectivity index (χ2n) is 5.99. The number of rotatable bonds is 6. The number of hydrogen-bond donors (Lipinski definition) is 1. The fourth-order valence-electron chi connectivity index (χ4n) is 3.14. The van der Waals surface area contributed by atoms with Gasteiger partial charge in [-0.25, -0.2) is 4.79 Å². The smallest absolute Gasteiger partial charge is 0.344 e. The molecule has 1 fully saturated rings. The van der Waals surface area contributed by atoms with Gasteiger partial charge in [0.2, 0.25) is 0 Å². The number of hydrogen-bond acceptors (Lipinski definition) is 6. The summed E-state index contributed by atoms with van der Waals surface area (Å²) in [4.78, 5) is 17.3. The van der Waals surface area contributed by atoms with Gasteiger partial charge in [-0.3, -0.25) is 10.3 Å². The molecule has 2 aliphatic rings. The standard InChI is InChI=1S/C18H23NO5/c1-3-22-17(20)12-23-16-10-13(6-7-15(16)21-2)14-11-18(24-19-14)8-4-5-9-18/h6-7,10-11,19H,3-5,8-9,12H2,1-2H3.